The monoisotopic (exact) mass is 333 g/mol. The Balaban J connectivity index is 1.67. The first-order valence-electron chi connectivity index (χ1n) is 6.56. The molecular weight excluding hydrogens is 318 g/mol. The third-order valence-electron chi connectivity index (χ3n) is 3.16. The van der Waals surface area contributed by atoms with E-state index in [4.69, 9.17) is 0 Å². The fourth-order valence-corrected chi connectivity index (χ4v) is 3.45. The van der Waals surface area contributed by atoms with Crippen LogP contribution in [0.1, 0.15) is 18.4 Å². The first kappa shape index (κ1) is 13.2. The Morgan fingerprint density at radius 2 is 1.84 bits per heavy atom. The van der Waals surface area contributed by atoms with Gasteiger partial charge in [-0.05, 0) is 42.7 Å². The normalized spacial score (nSPS) is 14.6. The SMILES string of the molecule is Brc1cc(Sc2ccccc2)ccc1CNC1CC1. The molecule has 2 aromatic carbocycles. The highest BCUT2D eigenvalue weighted by atomic mass is 79.9. The Morgan fingerprint density at radius 1 is 1.05 bits per heavy atom. The van der Waals surface area contributed by atoms with Crippen molar-refractivity contribution in [2.24, 2.45) is 0 Å². The Morgan fingerprint density at radius 3 is 2.53 bits per heavy atom. The van der Waals surface area contributed by atoms with Crippen molar-refractivity contribution in [1.29, 1.82) is 0 Å². The summed E-state index contributed by atoms with van der Waals surface area (Å²) in [7, 11) is 0. The van der Waals surface area contributed by atoms with Gasteiger partial charge in [0.15, 0.2) is 0 Å². The van der Waals surface area contributed by atoms with Gasteiger partial charge < -0.3 is 5.32 Å². The van der Waals surface area contributed by atoms with Crippen LogP contribution in [0.2, 0.25) is 0 Å². The van der Waals surface area contributed by atoms with Crippen molar-refractivity contribution in [3.63, 3.8) is 0 Å². The van der Waals surface area contributed by atoms with E-state index < -0.39 is 0 Å². The summed E-state index contributed by atoms with van der Waals surface area (Å²) in [4.78, 5) is 2.55. The van der Waals surface area contributed by atoms with Crippen LogP contribution in [0.5, 0.6) is 0 Å². The summed E-state index contributed by atoms with van der Waals surface area (Å²) >= 11 is 5.47. The maximum Gasteiger partial charge on any atom is 0.0231 e. The van der Waals surface area contributed by atoms with Gasteiger partial charge in [0.2, 0.25) is 0 Å². The molecule has 0 amide bonds. The number of halogens is 1. The van der Waals surface area contributed by atoms with Crippen LogP contribution < -0.4 is 5.32 Å². The smallest absolute Gasteiger partial charge is 0.0231 e. The summed E-state index contributed by atoms with van der Waals surface area (Å²) in [6.07, 6.45) is 2.67. The topological polar surface area (TPSA) is 12.0 Å². The zero-order chi connectivity index (χ0) is 13.1. The Bertz CT molecular complexity index is 552. The van der Waals surface area contributed by atoms with Gasteiger partial charge in [0.25, 0.3) is 0 Å². The summed E-state index contributed by atoms with van der Waals surface area (Å²) in [6, 6.07) is 17.9. The van der Waals surface area contributed by atoms with E-state index >= 15 is 0 Å². The van der Waals surface area contributed by atoms with Gasteiger partial charge in [-0.25, -0.2) is 0 Å². The molecule has 2 aromatic rings. The quantitative estimate of drug-likeness (QED) is 0.839. The number of hydrogen-bond donors (Lipinski definition) is 1. The fourth-order valence-electron chi connectivity index (χ4n) is 1.90. The Labute approximate surface area is 126 Å². The molecule has 1 saturated carbocycles. The van der Waals surface area contributed by atoms with Crippen molar-refractivity contribution in [3.8, 4) is 0 Å². The lowest BCUT2D eigenvalue weighted by Gasteiger charge is -2.08. The van der Waals surface area contributed by atoms with Crippen LogP contribution in [0.25, 0.3) is 0 Å². The van der Waals surface area contributed by atoms with E-state index in [1.807, 2.05) is 6.07 Å². The van der Waals surface area contributed by atoms with Gasteiger partial charge >= 0.3 is 0 Å². The van der Waals surface area contributed by atoms with E-state index in [2.05, 4.69) is 63.7 Å². The molecule has 0 aliphatic heterocycles. The van der Waals surface area contributed by atoms with Gasteiger partial charge in [0.05, 0.1) is 0 Å². The molecule has 0 heterocycles. The minimum Gasteiger partial charge on any atom is -0.310 e. The second-order valence-corrected chi connectivity index (χ2v) is 6.82. The van der Waals surface area contributed by atoms with Gasteiger partial charge in [-0.2, -0.15) is 0 Å². The molecule has 1 fully saturated rings. The van der Waals surface area contributed by atoms with Gasteiger partial charge in [-0.15, -0.1) is 0 Å². The second-order valence-electron chi connectivity index (χ2n) is 4.82. The number of nitrogens with one attached hydrogen (secondary N) is 1. The molecule has 3 heteroatoms. The summed E-state index contributed by atoms with van der Waals surface area (Å²) in [6.45, 7) is 0.960. The highest BCUT2D eigenvalue weighted by Gasteiger charge is 2.20. The summed E-state index contributed by atoms with van der Waals surface area (Å²) in [5.74, 6) is 0. The molecule has 0 aromatic heterocycles. The minimum absolute atomic E-state index is 0.755. The third-order valence-corrected chi connectivity index (χ3v) is 4.90. The van der Waals surface area contributed by atoms with Crippen molar-refractivity contribution in [2.45, 2.75) is 35.2 Å². The standard InChI is InChI=1S/C16H16BrNS/c17-16-10-15(19-14-4-2-1-3-5-14)9-6-12(16)11-18-13-7-8-13/h1-6,9-10,13,18H,7-8,11H2. The number of benzene rings is 2. The first-order valence-corrected chi connectivity index (χ1v) is 8.17. The highest BCUT2D eigenvalue weighted by Crippen LogP contribution is 2.31. The molecule has 1 aliphatic rings. The summed E-state index contributed by atoms with van der Waals surface area (Å²) in [5.41, 5.74) is 1.34. The second kappa shape index (κ2) is 6.12. The van der Waals surface area contributed by atoms with E-state index in [1.165, 1.54) is 32.7 Å². The molecule has 19 heavy (non-hydrogen) atoms. The van der Waals surface area contributed by atoms with Crippen LogP contribution in [0, 0.1) is 0 Å². The molecule has 0 radical (unpaired) electrons. The first-order chi connectivity index (χ1) is 9.31. The van der Waals surface area contributed by atoms with Gasteiger partial charge in [0, 0.05) is 26.9 Å². The van der Waals surface area contributed by atoms with E-state index in [-0.39, 0.29) is 0 Å². The summed E-state index contributed by atoms with van der Waals surface area (Å²) < 4.78 is 1.20. The average Bonchev–Trinajstić information content (AvgIpc) is 3.23. The molecule has 0 spiro atoms. The van der Waals surface area contributed by atoms with Crippen molar-refractivity contribution in [2.75, 3.05) is 0 Å². The van der Waals surface area contributed by atoms with Crippen LogP contribution in [-0.4, -0.2) is 6.04 Å². The highest BCUT2D eigenvalue weighted by molar-refractivity contribution is 9.10. The maximum absolute atomic E-state index is 3.68. The molecular formula is C16H16BrNS. The lowest BCUT2D eigenvalue weighted by Crippen LogP contribution is -2.15. The molecule has 0 unspecified atom stereocenters. The molecule has 1 nitrogen and oxygen atoms in total. The molecule has 1 aliphatic carbocycles. The van der Waals surface area contributed by atoms with Crippen LogP contribution in [0.3, 0.4) is 0 Å². The molecule has 1 N–H and O–H groups in total. The van der Waals surface area contributed by atoms with E-state index in [0.29, 0.717) is 0 Å². The van der Waals surface area contributed by atoms with Gasteiger partial charge in [-0.1, -0.05) is 52.0 Å². The van der Waals surface area contributed by atoms with E-state index in [9.17, 15) is 0 Å². The molecule has 0 bridgehead atoms. The van der Waals surface area contributed by atoms with Crippen molar-refractivity contribution < 1.29 is 0 Å². The lowest BCUT2D eigenvalue weighted by atomic mass is 10.2. The lowest BCUT2D eigenvalue weighted by molar-refractivity contribution is 0.685. The Kier molecular flexibility index (Phi) is 4.26. The zero-order valence-corrected chi connectivity index (χ0v) is 13.0. The molecule has 3 rings (SSSR count). The van der Waals surface area contributed by atoms with Crippen molar-refractivity contribution >= 4 is 27.7 Å². The maximum atomic E-state index is 3.68. The predicted octanol–water partition coefficient (Wildman–Crippen LogP) is 4.85. The predicted molar refractivity (Wildman–Crippen MR) is 84.6 cm³/mol. The van der Waals surface area contributed by atoms with Crippen LogP contribution in [0.4, 0.5) is 0 Å². The Hall–Kier alpha value is -0.770. The molecule has 98 valence electrons. The third kappa shape index (κ3) is 3.85. The van der Waals surface area contributed by atoms with Crippen LogP contribution in [-0.2, 0) is 6.54 Å². The minimum atomic E-state index is 0.755. The molecule has 0 saturated heterocycles. The zero-order valence-electron chi connectivity index (χ0n) is 10.6. The van der Waals surface area contributed by atoms with Crippen LogP contribution >= 0.6 is 27.7 Å². The van der Waals surface area contributed by atoms with Crippen molar-refractivity contribution in [3.05, 3.63) is 58.6 Å². The number of rotatable bonds is 5. The average molecular weight is 334 g/mol. The molecule has 0 atom stereocenters. The fraction of sp³-hybridized carbons (Fsp3) is 0.250. The largest absolute Gasteiger partial charge is 0.310 e. The van der Waals surface area contributed by atoms with Crippen LogP contribution in [0.15, 0.2) is 62.8 Å². The van der Waals surface area contributed by atoms with Crippen molar-refractivity contribution in [1.82, 2.24) is 5.32 Å². The van der Waals surface area contributed by atoms with Gasteiger partial charge in [-0.3, -0.25) is 0 Å². The van der Waals surface area contributed by atoms with E-state index in [1.54, 1.807) is 11.8 Å². The summed E-state index contributed by atoms with van der Waals surface area (Å²) in [5, 5.41) is 3.55. The van der Waals surface area contributed by atoms with Gasteiger partial charge in [0.1, 0.15) is 0 Å². The van der Waals surface area contributed by atoms with E-state index in [0.717, 1.165) is 12.6 Å². The number of hydrogen-bond acceptors (Lipinski definition) is 2.